The maximum absolute atomic E-state index is 12.7. The number of hydrogen-bond acceptors (Lipinski definition) is 5. The molecule has 1 amide bonds. The Labute approximate surface area is 138 Å². The van der Waals surface area contributed by atoms with Gasteiger partial charge in [0.2, 0.25) is 5.88 Å². The molecule has 3 heterocycles. The Hall–Kier alpha value is -1.47. The van der Waals surface area contributed by atoms with Crippen molar-refractivity contribution >= 4 is 29.0 Å². The van der Waals surface area contributed by atoms with E-state index < -0.39 is 0 Å². The van der Waals surface area contributed by atoms with E-state index in [1.807, 2.05) is 16.7 Å². The van der Waals surface area contributed by atoms with E-state index >= 15 is 0 Å². The molecular weight excluding hydrogens is 318 g/mol. The van der Waals surface area contributed by atoms with Crippen LogP contribution in [0.1, 0.15) is 26.9 Å². The van der Waals surface area contributed by atoms with Gasteiger partial charge in [-0.1, -0.05) is 6.07 Å². The van der Waals surface area contributed by atoms with E-state index in [2.05, 4.69) is 22.6 Å². The molecule has 1 aliphatic rings. The fraction of sp³-hybridized carbons (Fsp3) is 0.467. The zero-order chi connectivity index (χ0) is 15.5. The number of nitrogens with zero attached hydrogens (tertiary/aromatic N) is 3. The molecule has 1 aliphatic heterocycles. The van der Waals surface area contributed by atoms with E-state index in [0.29, 0.717) is 16.7 Å². The summed E-state index contributed by atoms with van der Waals surface area (Å²) in [5.74, 6) is 1.37. The molecule has 2 aromatic heterocycles. The number of aryl methyl sites for hydroxylation is 1. The minimum Gasteiger partial charge on any atom is -0.479 e. The van der Waals surface area contributed by atoms with Crippen molar-refractivity contribution < 1.29 is 9.53 Å². The van der Waals surface area contributed by atoms with Crippen LogP contribution in [0, 0.1) is 0 Å². The van der Waals surface area contributed by atoms with Crippen molar-refractivity contribution in [2.24, 2.45) is 7.05 Å². The molecule has 0 radical (unpaired) electrons. The van der Waals surface area contributed by atoms with Gasteiger partial charge in [-0.05, 0) is 17.9 Å². The first-order valence-corrected chi connectivity index (χ1v) is 9.14. The molecule has 118 valence electrons. The molecule has 0 bridgehead atoms. The van der Waals surface area contributed by atoms with Crippen molar-refractivity contribution in [1.29, 1.82) is 0 Å². The molecule has 7 heteroatoms. The molecule has 0 aliphatic carbocycles. The summed E-state index contributed by atoms with van der Waals surface area (Å²) in [6, 6.07) is 4.28. The number of methoxy groups -OCH3 is 1. The van der Waals surface area contributed by atoms with Crippen molar-refractivity contribution in [3.8, 4) is 5.88 Å². The molecule has 0 unspecified atom stereocenters. The Balaban J connectivity index is 1.71. The van der Waals surface area contributed by atoms with Crippen LogP contribution in [0.4, 0.5) is 0 Å². The fourth-order valence-corrected chi connectivity index (χ4v) is 4.85. The Morgan fingerprint density at radius 2 is 2.32 bits per heavy atom. The van der Waals surface area contributed by atoms with E-state index in [-0.39, 0.29) is 5.91 Å². The molecule has 5 nitrogen and oxygen atoms in total. The number of aromatic nitrogens is 2. The summed E-state index contributed by atoms with van der Waals surface area (Å²) in [7, 11) is 3.34. The van der Waals surface area contributed by atoms with E-state index in [9.17, 15) is 4.79 Å². The average molecular weight is 337 g/mol. The first kappa shape index (κ1) is 15.4. The third-order valence-electron chi connectivity index (χ3n) is 3.71. The average Bonchev–Trinajstić information content (AvgIpc) is 3.11. The summed E-state index contributed by atoms with van der Waals surface area (Å²) >= 11 is 3.73. The Bertz CT molecular complexity index is 639. The van der Waals surface area contributed by atoms with Crippen LogP contribution in [-0.2, 0) is 7.05 Å². The molecule has 3 rings (SSSR count). The molecule has 2 aromatic rings. The van der Waals surface area contributed by atoms with Crippen molar-refractivity contribution in [1.82, 2.24) is 14.7 Å². The summed E-state index contributed by atoms with van der Waals surface area (Å²) in [5.41, 5.74) is 0.546. The van der Waals surface area contributed by atoms with Crippen LogP contribution in [0.2, 0.25) is 0 Å². The number of thiophene rings is 1. The van der Waals surface area contributed by atoms with E-state index in [1.54, 1.807) is 36.4 Å². The minimum absolute atomic E-state index is 0.0115. The highest BCUT2D eigenvalue weighted by molar-refractivity contribution is 7.99. The van der Waals surface area contributed by atoms with Gasteiger partial charge in [-0.2, -0.15) is 11.8 Å². The zero-order valence-corrected chi connectivity index (χ0v) is 14.3. The van der Waals surface area contributed by atoms with Gasteiger partial charge in [0.25, 0.3) is 5.91 Å². The van der Waals surface area contributed by atoms with Crippen LogP contribution in [0.25, 0.3) is 0 Å². The quantitative estimate of drug-likeness (QED) is 0.864. The second-order valence-electron chi connectivity index (χ2n) is 5.18. The monoisotopic (exact) mass is 337 g/mol. The summed E-state index contributed by atoms with van der Waals surface area (Å²) in [5, 5.41) is 6.78. The number of carbonyl (C=O) groups is 1. The third-order valence-corrected chi connectivity index (χ3v) is 6.15. The number of thioether (sulfide) groups is 1. The molecule has 1 fully saturated rings. The first-order chi connectivity index (χ1) is 10.7. The van der Waals surface area contributed by atoms with Crippen LogP contribution in [0.3, 0.4) is 0 Å². The van der Waals surface area contributed by atoms with E-state index in [0.717, 1.165) is 25.3 Å². The van der Waals surface area contributed by atoms with Crippen molar-refractivity contribution in [2.75, 3.05) is 26.0 Å². The van der Waals surface area contributed by atoms with Gasteiger partial charge in [0, 0.05) is 42.2 Å². The lowest BCUT2D eigenvalue weighted by molar-refractivity contribution is 0.0763. The number of ether oxygens (including phenoxy) is 1. The largest absolute Gasteiger partial charge is 0.479 e. The summed E-state index contributed by atoms with van der Waals surface area (Å²) in [4.78, 5) is 16.0. The van der Waals surface area contributed by atoms with Crippen molar-refractivity contribution in [2.45, 2.75) is 11.7 Å². The number of hydrogen-bond donors (Lipinski definition) is 0. The molecule has 0 spiro atoms. The van der Waals surface area contributed by atoms with Crippen LogP contribution in [-0.4, -0.2) is 46.5 Å². The van der Waals surface area contributed by atoms with Gasteiger partial charge >= 0.3 is 0 Å². The molecule has 0 saturated carbocycles. The Morgan fingerprint density at radius 3 is 3.05 bits per heavy atom. The number of carbonyl (C=O) groups excluding carboxylic acids is 1. The van der Waals surface area contributed by atoms with Gasteiger partial charge in [-0.25, -0.2) is 0 Å². The van der Waals surface area contributed by atoms with Gasteiger partial charge in [0.15, 0.2) is 0 Å². The minimum atomic E-state index is 0.0115. The van der Waals surface area contributed by atoms with Gasteiger partial charge in [-0.15, -0.1) is 16.4 Å². The number of rotatable bonds is 3. The lowest BCUT2D eigenvalue weighted by atomic mass is 10.2. The van der Waals surface area contributed by atoms with Crippen molar-refractivity contribution in [3.63, 3.8) is 0 Å². The third kappa shape index (κ3) is 3.15. The van der Waals surface area contributed by atoms with E-state index in [4.69, 9.17) is 4.74 Å². The number of amides is 1. The lowest BCUT2D eigenvalue weighted by Gasteiger charge is -2.19. The zero-order valence-electron chi connectivity index (χ0n) is 12.7. The van der Waals surface area contributed by atoms with E-state index in [1.165, 1.54) is 4.88 Å². The molecular formula is C15H19N3O2S2. The van der Waals surface area contributed by atoms with Gasteiger partial charge in [-0.3, -0.25) is 9.48 Å². The maximum atomic E-state index is 12.7. The molecule has 22 heavy (non-hydrogen) atoms. The van der Waals surface area contributed by atoms with Crippen LogP contribution in [0.5, 0.6) is 5.88 Å². The normalized spacial score (nSPS) is 19.0. The second-order valence-corrected chi connectivity index (χ2v) is 7.47. The second kappa shape index (κ2) is 6.75. The Morgan fingerprint density at radius 1 is 1.45 bits per heavy atom. The highest BCUT2D eigenvalue weighted by Crippen LogP contribution is 2.37. The predicted octanol–water partition coefficient (Wildman–Crippen LogP) is 2.81. The smallest absolute Gasteiger partial charge is 0.261 e. The van der Waals surface area contributed by atoms with Gasteiger partial charge < -0.3 is 9.64 Å². The van der Waals surface area contributed by atoms with Gasteiger partial charge in [0.1, 0.15) is 5.56 Å². The van der Waals surface area contributed by atoms with Crippen LogP contribution in [0.15, 0.2) is 23.7 Å². The predicted molar refractivity (Wildman–Crippen MR) is 89.8 cm³/mol. The Kier molecular flexibility index (Phi) is 4.73. The molecule has 1 saturated heterocycles. The molecule has 0 aromatic carbocycles. The molecule has 0 N–H and O–H groups in total. The van der Waals surface area contributed by atoms with Gasteiger partial charge in [0.05, 0.1) is 7.11 Å². The van der Waals surface area contributed by atoms with Crippen LogP contribution >= 0.6 is 23.1 Å². The SMILES string of the molecule is COc1nn(C)cc1C(=O)N1CCS[C@@H](c2cccs2)CC1. The summed E-state index contributed by atoms with van der Waals surface area (Å²) < 4.78 is 6.82. The fourth-order valence-electron chi connectivity index (χ4n) is 2.61. The van der Waals surface area contributed by atoms with Crippen molar-refractivity contribution in [3.05, 3.63) is 34.2 Å². The summed E-state index contributed by atoms with van der Waals surface area (Å²) in [6.07, 6.45) is 2.72. The standard InChI is InChI=1S/C15H19N3O2S2/c1-17-10-11(14(16-17)20-2)15(19)18-6-5-13(22-9-7-18)12-4-3-8-21-12/h3-4,8,10,13H,5-7,9H2,1-2H3/t13-/m1/s1. The highest BCUT2D eigenvalue weighted by Gasteiger charge is 2.26. The first-order valence-electron chi connectivity index (χ1n) is 7.21. The van der Waals surface area contributed by atoms with Crippen LogP contribution < -0.4 is 4.74 Å². The molecule has 1 atom stereocenters. The highest BCUT2D eigenvalue weighted by atomic mass is 32.2. The topological polar surface area (TPSA) is 47.4 Å². The lowest BCUT2D eigenvalue weighted by Crippen LogP contribution is -2.33. The summed E-state index contributed by atoms with van der Waals surface area (Å²) in [6.45, 7) is 1.54. The maximum Gasteiger partial charge on any atom is 0.261 e.